The molecule has 3 rings (SSSR count). The quantitative estimate of drug-likeness (QED) is 0.490. The highest BCUT2D eigenvalue weighted by atomic mass is 32.1. The number of amides is 1. The van der Waals surface area contributed by atoms with Crippen molar-refractivity contribution in [2.24, 2.45) is 0 Å². The van der Waals surface area contributed by atoms with Gasteiger partial charge in [0.05, 0.1) is 10.6 Å². The van der Waals surface area contributed by atoms with Crippen LogP contribution in [-0.2, 0) is 6.42 Å². The maximum Gasteiger partial charge on any atom is 0.273 e. The molecule has 1 heterocycles. The molecule has 0 aliphatic carbocycles. The number of nitro benzene ring substituents is 1. The minimum Gasteiger partial charge on any atom is -0.352 e. The first-order chi connectivity index (χ1) is 13.3. The molecule has 0 atom stereocenters. The van der Waals surface area contributed by atoms with Gasteiger partial charge in [-0.1, -0.05) is 18.2 Å². The number of hydrogen-bond acceptors (Lipinski definition) is 5. The lowest BCUT2D eigenvalue weighted by Crippen LogP contribution is -2.25. The summed E-state index contributed by atoms with van der Waals surface area (Å²) >= 11 is 1.46. The second-order valence-electron chi connectivity index (χ2n) is 6.30. The van der Waals surface area contributed by atoms with E-state index in [1.54, 1.807) is 31.2 Å². The Kier molecular flexibility index (Phi) is 5.79. The average Bonchev–Trinajstić information content (AvgIpc) is 3.02. The van der Waals surface area contributed by atoms with Crippen molar-refractivity contribution < 1.29 is 14.1 Å². The second-order valence-corrected chi connectivity index (χ2v) is 7.39. The zero-order valence-electron chi connectivity index (χ0n) is 15.4. The number of aryl methyl sites for hydroxylation is 2. The highest BCUT2D eigenvalue weighted by Gasteiger charge is 2.15. The zero-order valence-corrected chi connectivity index (χ0v) is 16.2. The molecule has 1 amide bonds. The number of carbonyl (C=O) groups is 1. The van der Waals surface area contributed by atoms with Gasteiger partial charge < -0.3 is 5.32 Å². The van der Waals surface area contributed by atoms with E-state index in [0.717, 1.165) is 21.1 Å². The minimum absolute atomic E-state index is 0.0781. The number of halogens is 1. The Labute approximate surface area is 165 Å². The topological polar surface area (TPSA) is 85.1 Å². The summed E-state index contributed by atoms with van der Waals surface area (Å²) in [6, 6.07) is 10.7. The number of rotatable bonds is 6. The summed E-state index contributed by atoms with van der Waals surface area (Å²) < 4.78 is 13.4. The maximum atomic E-state index is 13.4. The molecular formula is C20H18FN3O3S. The standard InChI is InChI=1S/C20H18FN3O3S/c1-12-6-7-14(11-17(12)24(26)27)19(25)22-9-8-18-13(2)23-20(28-18)15-4-3-5-16(21)10-15/h3-7,10-11H,8-9H2,1-2H3,(H,22,25). The Hall–Kier alpha value is -3.13. The fraction of sp³-hybridized carbons (Fsp3) is 0.200. The van der Waals surface area contributed by atoms with Crippen LogP contribution in [0.2, 0.25) is 0 Å². The highest BCUT2D eigenvalue weighted by molar-refractivity contribution is 7.15. The molecule has 0 saturated carbocycles. The molecule has 28 heavy (non-hydrogen) atoms. The Morgan fingerprint density at radius 2 is 2.04 bits per heavy atom. The van der Waals surface area contributed by atoms with E-state index in [2.05, 4.69) is 10.3 Å². The Bertz CT molecular complexity index is 1050. The SMILES string of the molecule is Cc1ccc(C(=O)NCCc2sc(-c3cccc(F)c3)nc2C)cc1[N+](=O)[O-]. The zero-order chi connectivity index (χ0) is 20.3. The van der Waals surface area contributed by atoms with Crippen molar-refractivity contribution in [2.75, 3.05) is 6.54 Å². The number of carbonyl (C=O) groups excluding carboxylic acids is 1. The molecule has 0 radical (unpaired) electrons. The predicted octanol–water partition coefficient (Wildman–Crippen LogP) is 4.45. The van der Waals surface area contributed by atoms with Crippen molar-refractivity contribution in [3.8, 4) is 10.6 Å². The van der Waals surface area contributed by atoms with E-state index in [0.29, 0.717) is 18.5 Å². The number of nitro groups is 1. The van der Waals surface area contributed by atoms with Crippen molar-refractivity contribution >= 4 is 22.9 Å². The second kappa shape index (κ2) is 8.26. The minimum atomic E-state index is -0.499. The van der Waals surface area contributed by atoms with Gasteiger partial charge in [0.1, 0.15) is 10.8 Å². The molecule has 8 heteroatoms. The Morgan fingerprint density at radius 1 is 1.25 bits per heavy atom. The molecular weight excluding hydrogens is 381 g/mol. The van der Waals surface area contributed by atoms with Crippen molar-refractivity contribution in [3.63, 3.8) is 0 Å². The molecule has 0 spiro atoms. The van der Waals surface area contributed by atoms with E-state index in [1.807, 2.05) is 6.92 Å². The number of hydrogen-bond donors (Lipinski definition) is 1. The van der Waals surface area contributed by atoms with Crippen LogP contribution in [0.25, 0.3) is 10.6 Å². The van der Waals surface area contributed by atoms with Crippen LogP contribution >= 0.6 is 11.3 Å². The molecule has 0 aliphatic rings. The van der Waals surface area contributed by atoms with Gasteiger partial charge in [-0.3, -0.25) is 14.9 Å². The molecule has 2 aromatic carbocycles. The molecule has 0 bridgehead atoms. The van der Waals surface area contributed by atoms with Crippen molar-refractivity contribution in [1.29, 1.82) is 0 Å². The molecule has 1 aromatic heterocycles. The van der Waals surface area contributed by atoms with Gasteiger partial charge in [-0.2, -0.15) is 0 Å². The average molecular weight is 399 g/mol. The van der Waals surface area contributed by atoms with E-state index in [-0.39, 0.29) is 23.0 Å². The molecule has 0 fully saturated rings. The summed E-state index contributed by atoms with van der Waals surface area (Å²) in [5.41, 5.74) is 2.23. The van der Waals surface area contributed by atoms with E-state index < -0.39 is 4.92 Å². The molecule has 1 N–H and O–H groups in total. The number of nitrogens with zero attached hydrogens (tertiary/aromatic N) is 2. The summed E-state index contributed by atoms with van der Waals surface area (Å²) in [5.74, 6) is -0.679. The Morgan fingerprint density at radius 3 is 2.75 bits per heavy atom. The van der Waals surface area contributed by atoms with Crippen LogP contribution in [-0.4, -0.2) is 22.4 Å². The van der Waals surface area contributed by atoms with Gasteiger partial charge in [0.15, 0.2) is 0 Å². The molecule has 6 nitrogen and oxygen atoms in total. The lowest BCUT2D eigenvalue weighted by molar-refractivity contribution is -0.385. The number of thiazole rings is 1. The van der Waals surface area contributed by atoms with Gasteiger partial charge in [0, 0.05) is 40.6 Å². The summed E-state index contributed by atoms with van der Waals surface area (Å²) in [7, 11) is 0. The van der Waals surface area contributed by atoms with Crippen molar-refractivity contribution in [1.82, 2.24) is 10.3 Å². The third kappa shape index (κ3) is 4.40. The van der Waals surface area contributed by atoms with Crippen molar-refractivity contribution in [3.05, 3.63) is 80.1 Å². The van der Waals surface area contributed by atoms with Crippen LogP contribution < -0.4 is 5.32 Å². The van der Waals surface area contributed by atoms with Gasteiger partial charge in [0.2, 0.25) is 0 Å². The smallest absolute Gasteiger partial charge is 0.273 e. The van der Waals surface area contributed by atoms with Gasteiger partial charge in [-0.15, -0.1) is 11.3 Å². The molecule has 144 valence electrons. The summed E-state index contributed by atoms with van der Waals surface area (Å²) in [4.78, 5) is 28.3. The number of nitrogens with one attached hydrogen (secondary N) is 1. The van der Waals surface area contributed by atoms with Gasteiger partial charge in [-0.25, -0.2) is 9.37 Å². The number of benzene rings is 2. The summed E-state index contributed by atoms with van der Waals surface area (Å²) in [6.07, 6.45) is 0.568. The summed E-state index contributed by atoms with van der Waals surface area (Å²) in [5, 5.41) is 14.5. The van der Waals surface area contributed by atoms with Gasteiger partial charge in [-0.05, 0) is 32.0 Å². The van der Waals surface area contributed by atoms with E-state index in [9.17, 15) is 19.3 Å². The lowest BCUT2D eigenvalue weighted by Gasteiger charge is -2.05. The van der Waals surface area contributed by atoms with E-state index >= 15 is 0 Å². The van der Waals surface area contributed by atoms with E-state index in [4.69, 9.17) is 0 Å². The molecule has 0 unspecified atom stereocenters. The molecule has 0 aliphatic heterocycles. The monoisotopic (exact) mass is 399 g/mol. The highest BCUT2D eigenvalue weighted by Crippen LogP contribution is 2.28. The first-order valence-corrected chi connectivity index (χ1v) is 9.42. The first-order valence-electron chi connectivity index (χ1n) is 8.60. The van der Waals surface area contributed by atoms with Crippen molar-refractivity contribution in [2.45, 2.75) is 20.3 Å². The van der Waals surface area contributed by atoms with Crippen LogP contribution in [0.5, 0.6) is 0 Å². The normalized spacial score (nSPS) is 10.7. The number of aromatic nitrogens is 1. The largest absolute Gasteiger partial charge is 0.352 e. The molecule has 0 saturated heterocycles. The third-order valence-corrected chi connectivity index (χ3v) is 5.54. The van der Waals surface area contributed by atoms with Crippen LogP contribution in [0.4, 0.5) is 10.1 Å². The lowest BCUT2D eigenvalue weighted by atomic mass is 10.1. The van der Waals surface area contributed by atoms with Crippen LogP contribution in [0.3, 0.4) is 0 Å². The fourth-order valence-electron chi connectivity index (χ4n) is 2.74. The van der Waals surface area contributed by atoms with Crippen LogP contribution in [0, 0.1) is 29.8 Å². The van der Waals surface area contributed by atoms with Gasteiger partial charge in [0.25, 0.3) is 11.6 Å². The van der Waals surface area contributed by atoms with Gasteiger partial charge >= 0.3 is 0 Å². The third-order valence-electron chi connectivity index (χ3n) is 4.27. The van der Waals surface area contributed by atoms with Crippen LogP contribution in [0.1, 0.15) is 26.5 Å². The first kappa shape index (κ1) is 19.6. The summed E-state index contributed by atoms with van der Waals surface area (Å²) in [6.45, 7) is 3.87. The maximum absolute atomic E-state index is 13.4. The predicted molar refractivity (Wildman–Crippen MR) is 106 cm³/mol. The molecule has 3 aromatic rings. The Balaban J connectivity index is 1.65. The van der Waals surface area contributed by atoms with E-state index in [1.165, 1.54) is 29.5 Å². The fourth-order valence-corrected chi connectivity index (χ4v) is 3.80. The van der Waals surface area contributed by atoms with Crippen LogP contribution in [0.15, 0.2) is 42.5 Å².